The maximum atomic E-state index is 5.71. The van der Waals surface area contributed by atoms with E-state index in [0.717, 1.165) is 11.6 Å². The standard InChI is InChI=1S/C9H10ClN/c1-2-11-7-8-3-5-9(10)6-4-8/h2-6,11H,1,7H2. The summed E-state index contributed by atoms with van der Waals surface area (Å²) in [5.41, 5.74) is 1.20. The van der Waals surface area contributed by atoms with Crippen LogP contribution in [-0.2, 0) is 6.54 Å². The smallest absolute Gasteiger partial charge is 0.0406 e. The molecule has 0 unspecified atom stereocenters. The van der Waals surface area contributed by atoms with E-state index < -0.39 is 0 Å². The van der Waals surface area contributed by atoms with E-state index in [1.165, 1.54) is 5.56 Å². The number of rotatable bonds is 3. The summed E-state index contributed by atoms with van der Waals surface area (Å²) in [5.74, 6) is 0. The molecule has 2 heteroatoms. The van der Waals surface area contributed by atoms with Crippen molar-refractivity contribution in [3.63, 3.8) is 0 Å². The van der Waals surface area contributed by atoms with E-state index in [1.807, 2.05) is 24.3 Å². The highest BCUT2D eigenvalue weighted by atomic mass is 35.5. The van der Waals surface area contributed by atoms with Crippen molar-refractivity contribution in [2.45, 2.75) is 6.54 Å². The third kappa shape index (κ3) is 2.64. The van der Waals surface area contributed by atoms with Gasteiger partial charge in [-0.3, -0.25) is 0 Å². The van der Waals surface area contributed by atoms with Crippen LogP contribution in [0, 0.1) is 0 Å². The molecule has 1 aromatic rings. The van der Waals surface area contributed by atoms with E-state index >= 15 is 0 Å². The van der Waals surface area contributed by atoms with E-state index in [9.17, 15) is 0 Å². The number of halogens is 1. The Balaban J connectivity index is 2.58. The van der Waals surface area contributed by atoms with Gasteiger partial charge >= 0.3 is 0 Å². The van der Waals surface area contributed by atoms with Crippen LogP contribution in [0.3, 0.4) is 0 Å². The van der Waals surface area contributed by atoms with E-state index in [4.69, 9.17) is 11.6 Å². The summed E-state index contributed by atoms with van der Waals surface area (Å²) < 4.78 is 0. The van der Waals surface area contributed by atoms with Crippen molar-refractivity contribution in [1.82, 2.24) is 5.32 Å². The van der Waals surface area contributed by atoms with Gasteiger partial charge in [-0.1, -0.05) is 30.3 Å². The van der Waals surface area contributed by atoms with Crippen LogP contribution in [0.25, 0.3) is 0 Å². The van der Waals surface area contributed by atoms with Gasteiger partial charge in [-0.2, -0.15) is 0 Å². The van der Waals surface area contributed by atoms with Gasteiger partial charge in [0.15, 0.2) is 0 Å². The zero-order valence-electron chi connectivity index (χ0n) is 6.18. The molecule has 1 aromatic carbocycles. The van der Waals surface area contributed by atoms with Crippen LogP contribution in [0.1, 0.15) is 5.56 Å². The molecule has 11 heavy (non-hydrogen) atoms. The molecule has 1 rings (SSSR count). The Kier molecular flexibility index (Phi) is 2.99. The Morgan fingerprint density at radius 3 is 2.55 bits per heavy atom. The number of nitrogens with one attached hydrogen (secondary N) is 1. The van der Waals surface area contributed by atoms with Crippen molar-refractivity contribution in [3.8, 4) is 0 Å². The van der Waals surface area contributed by atoms with Gasteiger partial charge in [-0.15, -0.1) is 0 Å². The normalized spacial score (nSPS) is 9.18. The minimum absolute atomic E-state index is 0.771. The minimum atomic E-state index is 0.771. The monoisotopic (exact) mass is 167 g/mol. The molecule has 0 atom stereocenters. The molecule has 0 amide bonds. The molecule has 1 nitrogen and oxygen atoms in total. The first-order valence-corrected chi connectivity index (χ1v) is 3.79. The van der Waals surface area contributed by atoms with Gasteiger partial charge in [-0.05, 0) is 23.9 Å². The zero-order chi connectivity index (χ0) is 8.10. The number of hydrogen-bond donors (Lipinski definition) is 1. The number of hydrogen-bond acceptors (Lipinski definition) is 1. The maximum absolute atomic E-state index is 5.71. The molecular weight excluding hydrogens is 158 g/mol. The maximum Gasteiger partial charge on any atom is 0.0406 e. The first-order chi connectivity index (χ1) is 5.33. The van der Waals surface area contributed by atoms with Gasteiger partial charge in [0.25, 0.3) is 0 Å². The molecule has 0 fully saturated rings. The van der Waals surface area contributed by atoms with Crippen molar-refractivity contribution in [3.05, 3.63) is 47.6 Å². The largest absolute Gasteiger partial charge is 0.387 e. The van der Waals surface area contributed by atoms with Crippen LogP contribution in [0.2, 0.25) is 5.02 Å². The van der Waals surface area contributed by atoms with Gasteiger partial charge in [0.05, 0.1) is 0 Å². The second-order valence-electron chi connectivity index (χ2n) is 2.21. The van der Waals surface area contributed by atoms with Gasteiger partial charge in [0.1, 0.15) is 0 Å². The second-order valence-corrected chi connectivity index (χ2v) is 2.65. The van der Waals surface area contributed by atoms with E-state index in [2.05, 4.69) is 11.9 Å². The summed E-state index contributed by atoms with van der Waals surface area (Å²) in [6.07, 6.45) is 1.68. The van der Waals surface area contributed by atoms with E-state index in [0.29, 0.717) is 0 Å². The van der Waals surface area contributed by atoms with Gasteiger partial charge in [0.2, 0.25) is 0 Å². The molecule has 58 valence electrons. The highest BCUT2D eigenvalue weighted by Gasteiger charge is 1.89. The highest BCUT2D eigenvalue weighted by Crippen LogP contribution is 2.08. The lowest BCUT2D eigenvalue weighted by molar-refractivity contribution is 0.873. The lowest BCUT2D eigenvalue weighted by Gasteiger charge is -1.99. The first kappa shape index (κ1) is 8.15. The van der Waals surface area contributed by atoms with Crippen molar-refractivity contribution in [2.24, 2.45) is 0 Å². The molecule has 0 aliphatic heterocycles. The summed E-state index contributed by atoms with van der Waals surface area (Å²) in [6, 6.07) is 7.72. The highest BCUT2D eigenvalue weighted by molar-refractivity contribution is 6.30. The van der Waals surface area contributed by atoms with E-state index in [-0.39, 0.29) is 0 Å². The topological polar surface area (TPSA) is 12.0 Å². The molecule has 0 saturated carbocycles. The Labute approximate surface area is 71.7 Å². The van der Waals surface area contributed by atoms with Gasteiger partial charge in [0, 0.05) is 11.6 Å². The Morgan fingerprint density at radius 2 is 2.00 bits per heavy atom. The average molecular weight is 168 g/mol. The fraction of sp³-hybridized carbons (Fsp3) is 0.111. The van der Waals surface area contributed by atoms with Gasteiger partial charge < -0.3 is 5.32 Å². The zero-order valence-corrected chi connectivity index (χ0v) is 6.93. The van der Waals surface area contributed by atoms with Crippen LogP contribution in [-0.4, -0.2) is 0 Å². The molecule has 0 saturated heterocycles. The van der Waals surface area contributed by atoms with Crippen molar-refractivity contribution in [1.29, 1.82) is 0 Å². The first-order valence-electron chi connectivity index (χ1n) is 3.41. The predicted octanol–water partition coefficient (Wildman–Crippen LogP) is 2.57. The Bertz CT molecular complexity index is 228. The molecule has 0 radical (unpaired) electrons. The Morgan fingerprint density at radius 1 is 1.36 bits per heavy atom. The molecule has 0 heterocycles. The van der Waals surface area contributed by atoms with Crippen molar-refractivity contribution in [2.75, 3.05) is 0 Å². The fourth-order valence-corrected chi connectivity index (χ4v) is 0.918. The quantitative estimate of drug-likeness (QED) is 0.730. The molecular formula is C9H10ClN. The summed E-state index contributed by atoms with van der Waals surface area (Å²) >= 11 is 5.71. The predicted molar refractivity (Wildman–Crippen MR) is 48.5 cm³/mol. The van der Waals surface area contributed by atoms with E-state index in [1.54, 1.807) is 6.20 Å². The summed E-state index contributed by atoms with van der Waals surface area (Å²) in [5, 5.41) is 3.78. The van der Waals surface area contributed by atoms with Crippen LogP contribution < -0.4 is 5.32 Å². The lowest BCUT2D eigenvalue weighted by atomic mass is 10.2. The molecule has 1 N–H and O–H groups in total. The molecule has 0 bridgehead atoms. The van der Waals surface area contributed by atoms with Crippen LogP contribution in [0.4, 0.5) is 0 Å². The second kappa shape index (κ2) is 4.04. The van der Waals surface area contributed by atoms with Crippen LogP contribution in [0.15, 0.2) is 37.0 Å². The van der Waals surface area contributed by atoms with Crippen LogP contribution in [0.5, 0.6) is 0 Å². The average Bonchev–Trinajstić information content (AvgIpc) is 2.04. The molecule has 0 spiro atoms. The molecule has 0 aromatic heterocycles. The summed E-state index contributed by atoms with van der Waals surface area (Å²) in [6.45, 7) is 4.36. The summed E-state index contributed by atoms with van der Waals surface area (Å²) in [7, 11) is 0. The van der Waals surface area contributed by atoms with Crippen molar-refractivity contribution < 1.29 is 0 Å². The third-order valence-electron chi connectivity index (χ3n) is 1.36. The third-order valence-corrected chi connectivity index (χ3v) is 1.62. The number of benzene rings is 1. The lowest BCUT2D eigenvalue weighted by Crippen LogP contribution is -2.02. The minimum Gasteiger partial charge on any atom is -0.387 e. The SMILES string of the molecule is C=CNCc1ccc(Cl)cc1. The summed E-state index contributed by atoms with van der Waals surface area (Å²) in [4.78, 5) is 0. The Hall–Kier alpha value is -0.950. The molecule has 0 aliphatic carbocycles. The van der Waals surface area contributed by atoms with Crippen LogP contribution >= 0.6 is 11.6 Å². The van der Waals surface area contributed by atoms with Crippen molar-refractivity contribution >= 4 is 11.6 Å². The fourth-order valence-electron chi connectivity index (χ4n) is 0.792. The molecule has 0 aliphatic rings. The van der Waals surface area contributed by atoms with Gasteiger partial charge in [-0.25, -0.2) is 0 Å².